The van der Waals surface area contributed by atoms with Gasteiger partial charge in [0.25, 0.3) is 0 Å². The molecule has 0 radical (unpaired) electrons. The lowest BCUT2D eigenvalue weighted by atomic mass is 10.1. The van der Waals surface area contributed by atoms with Crippen molar-refractivity contribution in [1.82, 2.24) is 19.7 Å². The van der Waals surface area contributed by atoms with E-state index >= 15 is 0 Å². The Bertz CT molecular complexity index is 536. The Morgan fingerprint density at radius 2 is 2.41 bits per heavy atom. The molecule has 0 fully saturated rings. The molecule has 2 aromatic heterocycles. The standard InChI is InChI=1S/C11H13N5O/c1-8(4-3-5-12)11-14-9(15-17-11)10-13-6-7-16(10)2/h6-8H,3-4H2,1-2H3. The van der Waals surface area contributed by atoms with E-state index in [-0.39, 0.29) is 5.92 Å². The first-order chi connectivity index (χ1) is 8.22. The Morgan fingerprint density at radius 1 is 1.59 bits per heavy atom. The summed E-state index contributed by atoms with van der Waals surface area (Å²) in [6.07, 6.45) is 4.72. The van der Waals surface area contributed by atoms with Gasteiger partial charge in [0.15, 0.2) is 5.82 Å². The number of aromatic nitrogens is 4. The molecule has 0 aliphatic heterocycles. The van der Waals surface area contributed by atoms with Crippen LogP contribution < -0.4 is 0 Å². The minimum atomic E-state index is 0.0937. The summed E-state index contributed by atoms with van der Waals surface area (Å²) < 4.78 is 7.01. The highest BCUT2D eigenvalue weighted by molar-refractivity contribution is 5.42. The average Bonchev–Trinajstić information content (AvgIpc) is 2.93. The maximum Gasteiger partial charge on any atom is 0.238 e. The first kappa shape index (κ1) is 11.3. The highest BCUT2D eigenvalue weighted by Crippen LogP contribution is 2.21. The van der Waals surface area contributed by atoms with Crippen LogP contribution >= 0.6 is 0 Å². The van der Waals surface area contributed by atoms with Crippen LogP contribution in [-0.4, -0.2) is 19.7 Å². The highest BCUT2D eigenvalue weighted by atomic mass is 16.5. The molecule has 6 nitrogen and oxygen atoms in total. The fourth-order valence-electron chi connectivity index (χ4n) is 1.51. The number of imidazole rings is 1. The summed E-state index contributed by atoms with van der Waals surface area (Å²) in [6.45, 7) is 1.97. The van der Waals surface area contributed by atoms with Gasteiger partial charge in [-0.2, -0.15) is 10.2 Å². The van der Waals surface area contributed by atoms with Crippen molar-refractivity contribution in [2.75, 3.05) is 0 Å². The Labute approximate surface area is 98.9 Å². The molecule has 0 saturated heterocycles. The van der Waals surface area contributed by atoms with Crippen molar-refractivity contribution in [3.8, 4) is 17.7 Å². The Morgan fingerprint density at radius 3 is 3.06 bits per heavy atom. The molecule has 0 aromatic carbocycles. The molecule has 0 spiro atoms. The fourth-order valence-corrected chi connectivity index (χ4v) is 1.51. The molecule has 0 saturated carbocycles. The zero-order chi connectivity index (χ0) is 12.3. The quantitative estimate of drug-likeness (QED) is 0.802. The van der Waals surface area contributed by atoms with Gasteiger partial charge in [-0.1, -0.05) is 12.1 Å². The molecule has 17 heavy (non-hydrogen) atoms. The SMILES string of the molecule is CC(CCC#N)c1nc(-c2nccn2C)no1. The number of nitriles is 1. The van der Waals surface area contributed by atoms with Crippen LogP contribution in [0.25, 0.3) is 11.6 Å². The van der Waals surface area contributed by atoms with E-state index < -0.39 is 0 Å². The molecular formula is C11H13N5O. The van der Waals surface area contributed by atoms with Gasteiger partial charge in [0.2, 0.25) is 11.7 Å². The molecule has 0 amide bonds. The Kier molecular flexibility index (Phi) is 3.19. The molecule has 2 aromatic rings. The van der Waals surface area contributed by atoms with E-state index in [2.05, 4.69) is 21.2 Å². The maximum atomic E-state index is 8.52. The number of rotatable bonds is 4. The molecule has 0 bridgehead atoms. The van der Waals surface area contributed by atoms with Gasteiger partial charge in [-0.3, -0.25) is 0 Å². The van der Waals surface area contributed by atoms with Gasteiger partial charge in [0, 0.05) is 31.8 Å². The van der Waals surface area contributed by atoms with Crippen molar-refractivity contribution in [3.63, 3.8) is 0 Å². The maximum absolute atomic E-state index is 8.52. The molecule has 0 aliphatic rings. The molecule has 6 heteroatoms. The van der Waals surface area contributed by atoms with Gasteiger partial charge in [0.1, 0.15) is 0 Å². The fraction of sp³-hybridized carbons (Fsp3) is 0.455. The summed E-state index contributed by atoms with van der Waals surface area (Å²) in [4.78, 5) is 8.44. The number of aryl methyl sites for hydroxylation is 1. The second-order valence-electron chi connectivity index (χ2n) is 3.92. The first-order valence-corrected chi connectivity index (χ1v) is 5.40. The smallest absolute Gasteiger partial charge is 0.238 e. The van der Waals surface area contributed by atoms with E-state index in [1.165, 1.54) is 0 Å². The Balaban J connectivity index is 2.17. The van der Waals surface area contributed by atoms with E-state index in [1.807, 2.05) is 24.7 Å². The van der Waals surface area contributed by atoms with Crippen LogP contribution in [-0.2, 0) is 7.05 Å². The zero-order valence-electron chi connectivity index (χ0n) is 9.79. The zero-order valence-corrected chi connectivity index (χ0v) is 9.79. The van der Waals surface area contributed by atoms with Crippen LogP contribution in [0.15, 0.2) is 16.9 Å². The van der Waals surface area contributed by atoms with E-state index in [1.54, 1.807) is 6.20 Å². The lowest BCUT2D eigenvalue weighted by Crippen LogP contribution is -1.95. The summed E-state index contributed by atoms with van der Waals surface area (Å²) in [5, 5.41) is 12.4. The number of hydrogen-bond acceptors (Lipinski definition) is 5. The third kappa shape index (κ3) is 2.33. The van der Waals surface area contributed by atoms with Crippen LogP contribution in [0, 0.1) is 11.3 Å². The molecule has 0 N–H and O–H groups in total. The predicted octanol–water partition coefficient (Wildman–Crippen LogP) is 1.88. The third-order valence-electron chi connectivity index (χ3n) is 2.57. The topological polar surface area (TPSA) is 80.5 Å². The Hall–Kier alpha value is -2.16. The number of hydrogen-bond donors (Lipinski definition) is 0. The largest absolute Gasteiger partial charge is 0.339 e. The van der Waals surface area contributed by atoms with E-state index in [0.29, 0.717) is 24.0 Å². The second kappa shape index (κ2) is 4.78. The van der Waals surface area contributed by atoms with Crippen molar-refractivity contribution < 1.29 is 4.52 Å². The van der Waals surface area contributed by atoms with Crippen molar-refractivity contribution >= 4 is 0 Å². The molecular weight excluding hydrogens is 218 g/mol. The monoisotopic (exact) mass is 231 g/mol. The van der Waals surface area contributed by atoms with E-state index in [9.17, 15) is 0 Å². The van der Waals surface area contributed by atoms with Crippen LogP contribution in [0.3, 0.4) is 0 Å². The molecule has 88 valence electrons. The van der Waals surface area contributed by atoms with Gasteiger partial charge in [-0.05, 0) is 6.42 Å². The van der Waals surface area contributed by atoms with Gasteiger partial charge >= 0.3 is 0 Å². The minimum absolute atomic E-state index is 0.0937. The molecule has 2 heterocycles. The third-order valence-corrected chi connectivity index (χ3v) is 2.57. The molecule has 0 aliphatic carbocycles. The van der Waals surface area contributed by atoms with Crippen LogP contribution in [0.1, 0.15) is 31.6 Å². The van der Waals surface area contributed by atoms with Crippen LogP contribution in [0.4, 0.5) is 0 Å². The summed E-state index contributed by atoms with van der Waals surface area (Å²) in [5.74, 6) is 1.80. The van der Waals surface area contributed by atoms with Gasteiger partial charge in [0.05, 0.1) is 6.07 Å². The summed E-state index contributed by atoms with van der Waals surface area (Å²) in [5.41, 5.74) is 0. The first-order valence-electron chi connectivity index (χ1n) is 5.40. The summed E-state index contributed by atoms with van der Waals surface area (Å²) in [7, 11) is 1.87. The van der Waals surface area contributed by atoms with Gasteiger partial charge in [-0.15, -0.1) is 0 Å². The normalized spacial score (nSPS) is 12.3. The molecule has 2 rings (SSSR count). The summed E-state index contributed by atoms with van der Waals surface area (Å²) in [6, 6.07) is 2.11. The van der Waals surface area contributed by atoms with Crippen molar-refractivity contribution in [2.45, 2.75) is 25.7 Å². The van der Waals surface area contributed by atoms with Gasteiger partial charge in [-0.25, -0.2) is 4.98 Å². The van der Waals surface area contributed by atoms with Gasteiger partial charge < -0.3 is 9.09 Å². The minimum Gasteiger partial charge on any atom is -0.339 e. The van der Waals surface area contributed by atoms with Crippen LogP contribution in [0.2, 0.25) is 0 Å². The average molecular weight is 231 g/mol. The second-order valence-corrected chi connectivity index (χ2v) is 3.92. The van der Waals surface area contributed by atoms with Crippen molar-refractivity contribution in [2.24, 2.45) is 7.05 Å². The van der Waals surface area contributed by atoms with Crippen molar-refractivity contribution in [3.05, 3.63) is 18.3 Å². The predicted molar refractivity (Wildman–Crippen MR) is 59.8 cm³/mol. The lowest BCUT2D eigenvalue weighted by Gasteiger charge is -2.00. The van der Waals surface area contributed by atoms with Crippen LogP contribution in [0.5, 0.6) is 0 Å². The van der Waals surface area contributed by atoms with E-state index in [4.69, 9.17) is 9.78 Å². The highest BCUT2D eigenvalue weighted by Gasteiger charge is 2.16. The molecule has 1 atom stereocenters. The number of nitrogens with zero attached hydrogens (tertiary/aromatic N) is 5. The molecule has 1 unspecified atom stereocenters. The van der Waals surface area contributed by atoms with E-state index in [0.717, 1.165) is 6.42 Å². The lowest BCUT2D eigenvalue weighted by molar-refractivity contribution is 0.354. The van der Waals surface area contributed by atoms with Crippen molar-refractivity contribution in [1.29, 1.82) is 5.26 Å². The summed E-state index contributed by atoms with van der Waals surface area (Å²) >= 11 is 0.